The molecule has 0 unspecified atom stereocenters. The number of phosphoric acid groups is 1. The van der Waals surface area contributed by atoms with Gasteiger partial charge in [0, 0.05) is 0 Å². The number of hydrogen-bond donors (Lipinski definition) is 4. The zero-order valence-corrected chi connectivity index (χ0v) is 12.3. The van der Waals surface area contributed by atoms with Crippen LogP contribution in [-0.4, -0.2) is 59.0 Å². The number of carbonyl (C=O) groups excluding carboxylic acids is 1. The van der Waals surface area contributed by atoms with Crippen LogP contribution in [0.4, 0.5) is 5.82 Å². The Balaban J connectivity index is 1.87. The van der Waals surface area contributed by atoms with Gasteiger partial charge in [0.15, 0.2) is 29.6 Å². The van der Waals surface area contributed by atoms with Crippen molar-refractivity contribution in [3.63, 3.8) is 0 Å². The molecule has 2 aromatic heterocycles. The fourth-order valence-electron chi connectivity index (χ4n) is 2.20. The number of fused-ring (bicyclic) bond motifs is 1. The second-order valence-corrected chi connectivity index (χ2v) is 5.97. The molecule has 1 aliphatic heterocycles. The molecule has 1 saturated heterocycles. The van der Waals surface area contributed by atoms with Crippen LogP contribution in [-0.2, 0) is 18.6 Å². The molecule has 0 amide bonds. The van der Waals surface area contributed by atoms with Crippen LogP contribution in [0.15, 0.2) is 12.7 Å². The Labute approximate surface area is 128 Å². The molecular weight excluding hydrogens is 333 g/mol. The number of hydrogen-bond acceptors (Lipinski definition) is 9. The smallest absolute Gasteiger partial charge is 0.382 e. The topological polar surface area (TPSA) is 183 Å². The van der Waals surface area contributed by atoms with Crippen molar-refractivity contribution in [3.8, 4) is 0 Å². The Morgan fingerprint density at radius 1 is 1.39 bits per heavy atom. The molecule has 13 heteroatoms. The second-order valence-electron chi connectivity index (χ2n) is 4.73. The van der Waals surface area contributed by atoms with Gasteiger partial charge in [0.1, 0.15) is 17.9 Å². The van der Waals surface area contributed by atoms with E-state index in [0.717, 1.165) is 0 Å². The molecule has 23 heavy (non-hydrogen) atoms. The third kappa shape index (κ3) is 2.95. The van der Waals surface area contributed by atoms with E-state index in [4.69, 9.17) is 20.3 Å². The molecule has 0 saturated carbocycles. The van der Waals surface area contributed by atoms with E-state index in [1.54, 1.807) is 0 Å². The van der Waals surface area contributed by atoms with Gasteiger partial charge in [-0.3, -0.25) is 13.9 Å². The lowest BCUT2D eigenvalue weighted by atomic mass is 10.2. The van der Waals surface area contributed by atoms with Gasteiger partial charge < -0.3 is 25.4 Å². The van der Waals surface area contributed by atoms with E-state index >= 15 is 0 Å². The second kappa shape index (κ2) is 5.60. The fraction of sp³-hybridized carbons (Fsp3) is 0.400. The van der Waals surface area contributed by atoms with Gasteiger partial charge in [0.2, 0.25) is 0 Å². The lowest BCUT2D eigenvalue weighted by Gasteiger charge is -2.15. The van der Waals surface area contributed by atoms with E-state index in [1.807, 2.05) is 0 Å². The van der Waals surface area contributed by atoms with Crippen LogP contribution in [0.1, 0.15) is 6.23 Å². The van der Waals surface area contributed by atoms with Crippen molar-refractivity contribution in [1.29, 1.82) is 0 Å². The number of nitrogen functional groups attached to an aromatic ring is 1. The molecule has 5 N–H and O–H groups in total. The number of Topliss-reactive ketones (excluding diaryl/α,β-unsaturated/α-hetero) is 1. The number of imidazole rings is 1. The van der Waals surface area contributed by atoms with E-state index < -0.39 is 38.6 Å². The monoisotopic (exact) mass is 345 g/mol. The van der Waals surface area contributed by atoms with E-state index in [9.17, 15) is 14.5 Å². The molecule has 2 aromatic rings. The maximum atomic E-state index is 11.9. The Kier molecular flexibility index (Phi) is 3.88. The molecule has 0 aromatic carbocycles. The summed E-state index contributed by atoms with van der Waals surface area (Å²) in [4.78, 5) is 41.0. The van der Waals surface area contributed by atoms with Crippen molar-refractivity contribution in [3.05, 3.63) is 12.7 Å². The normalized spacial score (nSPS) is 25.3. The highest BCUT2D eigenvalue weighted by molar-refractivity contribution is 7.46. The molecule has 1 fully saturated rings. The fourth-order valence-corrected chi connectivity index (χ4v) is 2.53. The lowest BCUT2D eigenvalue weighted by Crippen LogP contribution is -2.28. The van der Waals surface area contributed by atoms with Gasteiger partial charge in [0.25, 0.3) is 0 Å². The highest BCUT2D eigenvalue weighted by Crippen LogP contribution is 2.37. The third-order valence-corrected chi connectivity index (χ3v) is 3.72. The zero-order valence-electron chi connectivity index (χ0n) is 11.4. The minimum atomic E-state index is -4.76. The van der Waals surface area contributed by atoms with E-state index in [-0.39, 0.29) is 17.0 Å². The summed E-state index contributed by atoms with van der Waals surface area (Å²) in [6.07, 6.45) is -1.63. The number of nitrogens with two attached hydrogens (primary N) is 1. The molecule has 0 spiro atoms. The van der Waals surface area contributed by atoms with Crippen molar-refractivity contribution in [2.45, 2.75) is 18.4 Å². The summed E-state index contributed by atoms with van der Waals surface area (Å²) >= 11 is 0. The zero-order chi connectivity index (χ0) is 16.8. The Bertz CT molecular complexity index is 804. The van der Waals surface area contributed by atoms with Gasteiger partial charge in [-0.25, -0.2) is 19.5 Å². The van der Waals surface area contributed by atoms with Gasteiger partial charge in [-0.15, -0.1) is 0 Å². The first-order chi connectivity index (χ1) is 10.8. The molecule has 0 aliphatic carbocycles. The average molecular weight is 345 g/mol. The van der Waals surface area contributed by atoms with Crippen LogP contribution in [0, 0.1) is 0 Å². The number of aliphatic hydroxyl groups excluding tert-OH is 1. The van der Waals surface area contributed by atoms with Crippen molar-refractivity contribution >= 4 is 30.6 Å². The summed E-state index contributed by atoms with van der Waals surface area (Å²) in [5.74, 6) is -0.652. The van der Waals surface area contributed by atoms with Crippen molar-refractivity contribution in [2.24, 2.45) is 0 Å². The first-order valence-corrected chi connectivity index (χ1v) is 7.81. The van der Waals surface area contributed by atoms with Crippen molar-refractivity contribution in [2.75, 3.05) is 12.3 Å². The van der Waals surface area contributed by atoms with Gasteiger partial charge in [0.05, 0.1) is 12.9 Å². The van der Waals surface area contributed by atoms with E-state index in [0.29, 0.717) is 0 Å². The number of aromatic nitrogens is 4. The largest absolute Gasteiger partial charge is 0.469 e. The molecule has 0 radical (unpaired) electrons. The Morgan fingerprint density at radius 3 is 2.83 bits per heavy atom. The van der Waals surface area contributed by atoms with Crippen LogP contribution >= 0.6 is 7.82 Å². The SMILES string of the molecule is Nc1ncnc2c1ncn2[C@@H]1O[C@H](COP(=O)(O)O)C(=O)[C@H]1O. The van der Waals surface area contributed by atoms with Crippen LogP contribution in [0.3, 0.4) is 0 Å². The maximum Gasteiger partial charge on any atom is 0.469 e. The Morgan fingerprint density at radius 2 is 2.13 bits per heavy atom. The minimum Gasteiger partial charge on any atom is -0.382 e. The average Bonchev–Trinajstić information content (AvgIpc) is 3.01. The predicted octanol–water partition coefficient (Wildman–Crippen LogP) is -1.65. The number of aliphatic hydroxyl groups is 1. The standard InChI is InChI=1S/C10H12N5O7P/c11-8-5-9(13-2-12-8)15(3-14-5)10-7(17)6(16)4(22-10)1-21-23(18,19)20/h2-4,7,10,17H,1H2,(H2,11,12,13)(H2,18,19,20)/t4-,7-,10-/m1/s1. The van der Waals surface area contributed by atoms with Gasteiger partial charge in [-0.05, 0) is 0 Å². The van der Waals surface area contributed by atoms with Gasteiger partial charge in [-0.1, -0.05) is 0 Å². The maximum absolute atomic E-state index is 11.9. The summed E-state index contributed by atoms with van der Waals surface area (Å²) in [6, 6.07) is 0. The summed E-state index contributed by atoms with van der Waals surface area (Å²) in [5.41, 5.74) is 6.16. The number of ketones is 1. The molecule has 1 aliphatic rings. The van der Waals surface area contributed by atoms with Crippen molar-refractivity contribution < 1.29 is 33.5 Å². The molecule has 3 atom stereocenters. The number of nitrogens with zero attached hydrogens (tertiary/aromatic N) is 4. The summed E-state index contributed by atoms with van der Waals surface area (Å²) in [6.45, 7) is -0.694. The van der Waals surface area contributed by atoms with Crippen LogP contribution < -0.4 is 5.73 Å². The lowest BCUT2D eigenvalue weighted by molar-refractivity contribution is -0.128. The van der Waals surface area contributed by atoms with Crippen LogP contribution in [0.2, 0.25) is 0 Å². The summed E-state index contributed by atoms with van der Waals surface area (Å²) in [5, 5.41) is 10.0. The highest BCUT2D eigenvalue weighted by atomic mass is 31.2. The molecule has 124 valence electrons. The number of ether oxygens (including phenoxy) is 1. The minimum absolute atomic E-state index is 0.119. The number of phosphoric ester groups is 1. The highest BCUT2D eigenvalue weighted by Gasteiger charge is 2.44. The van der Waals surface area contributed by atoms with E-state index in [1.165, 1.54) is 17.2 Å². The number of anilines is 1. The van der Waals surface area contributed by atoms with Crippen LogP contribution in [0.5, 0.6) is 0 Å². The van der Waals surface area contributed by atoms with Gasteiger partial charge >= 0.3 is 7.82 Å². The number of rotatable bonds is 4. The van der Waals surface area contributed by atoms with Gasteiger partial charge in [-0.2, -0.15) is 0 Å². The summed E-state index contributed by atoms with van der Waals surface area (Å²) in [7, 11) is -4.76. The van der Waals surface area contributed by atoms with E-state index in [2.05, 4.69) is 19.5 Å². The van der Waals surface area contributed by atoms with Crippen molar-refractivity contribution in [1.82, 2.24) is 19.5 Å². The molecule has 12 nitrogen and oxygen atoms in total. The van der Waals surface area contributed by atoms with Crippen LogP contribution in [0.25, 0.3) is 11.2 Å². The predicted molar refractivity (Wildman–Crippen MR) is 72.7 cm³/mol. The third-order valence-electron chi connectivity index (χ3n) is 3.24. The molecular formula is C10H12N5O7P. The molecule has 3 rings (SSSR count). The molecule has 3 heterocycles. The summed E-state index contributed by atoms with van der Waals surface area (Å²) < 4.78 is 21.6. The quantitative estimate of drug-likeness (QED) is 0.465. The number of carbonyl (C=O) groups is 1. The first-order valence-electron chi connectivity index (χ1n) is 6.28. The Hall–Kier alpha value is -1.95. The first kappa shape index (κ1) is 15.9. The molecule has 0 bridgehead atoms.